The number of halogens is 1. The van der Waals surface area contributed by atoms with Gasteiger partial charge >= 0.3 is 5.97 Å². The van der Waals surface area contributed by atoms with Gasteiger partial charge in [-0.2, -0.15) is 0 Å². The van der Waals surface area contributed by atoms with Crippen molar-refractivity contribution in [2.75, 3.05) is 0 Å². The first-order chi connectivity index (χ1) is 7.10. The van der Waals surface area contributed by atoms with E-state index in [-0.39, 0.29) is 17.2 Å². The van der Waals surface area contributed by atoms with Crippen LogP contribution in [0.15, 0.2) is 24.3 Å². The SMILES string of the molecule is CCC1(c2cccc(F)c2)C[C@H]1C(=O)O. The van der Waals surface area contributed by atoms with E-state index in [0.717, 1.165) is 12.0 Å². The van der Waals surface area contributed by atoms with Gasteiger partial charge in [0.25, 0.3) is 0 Å². The summed E-state index contributed by atoms with van der Waals surface area (Å²) in [5, 5.41) is 8.96. The second-order valence-electron chi connectivity index (χ2n) is 4.11. The van der Waals surface area contributed by atoms with Crippen LogP contribution in [-0.2, 0) is 10.2 Å². The zero-order chi connectivity index (χ0) is 11.1. The van der Waals surface area contributed by atoms with E-state index in [4.69, 9.17) is 5.11 Å². The highest BCUT2D eigenvalue weighted by Gasteiger charge is 2.58. The van der Waals surface area contributed by atoms with Crippen LogP contribution in [0.5, 0.6) is 0 Å². The first-order valence-corrected chi connectivity index (χ1v) is 5.09. The molecule has 0 aliphatic heterocycles. The number of carbonyl (C=O) groups is 1. The molecule has 0 heterocycles. The van der Waals surface area contributed by atoms with Crippen LogP contribution in [0.25, 0.3) is 0 Å². The molecular weight excluding hydrogens is 195 g/mol. The quantitative estimate of drug-likeness (QED) is 0.828. The number of hydrogen-bond donors (Lipinski definition) is 1. The zero-order valence-electron chi connectivity index (χ0n) is 8.53. The molecule has 1 aliphatic rings. The summed E-state index contributed by atoms with van der Waals surface area (Å²) in [6, 6.07) is 6.28. The van der Waals surface area contributed by atoms with E-state index in [1.807, 2.05) is 13.0 Å². The Kier molecular flexibility index (Phi) is 2.25. The number of carboxylic acid groups (broad SMARTS) is 1. The Morgan fingerprint density at radius 1 is 1.67 bits per heavy atom. The molecule has 1 aliphatic carbocycles. The van der Waals surface area contributed by atoms with E-state index in [2.05, 4.69) is 0 Å². The molecule has 2 atom stereocenters. The van der Waals surface area contributed by atoms with E-state index in [1.165, 1.54) is 12.1 Å². The third-order valence-corrected chi connectivity index (χ3v) is 3.40. The monoisotopic (exact) mass is 208 g/mol. The van der Waals surface area contributed by atoms with Gasteiger partial charge in [0.05, 0.1) is 5.92 Å². The first kappa shape index (κ1) is 10.1. The van der Waals surface area contributed by atoms with Crippen LogP contribution in [0.1, 0.15) is 25.3 Å². The van der Waals surface area contributed by atoms with Gasteiger partial charge in [-0.1, -0.05) is 19.1 Å². The molecule has 1 N–H and O–H groups in total. The summed E-state index contributed by atoms with van der Waals surface area (Å²) in [7, 11) is 0. The van der Waals surface area contributed by atoms with Gasteiger partial charge in [-0.3, -0.25) is 4.79 Å². The Labute approximate surface area is 87.7 Å². The van der Waals surface area contributed by atoms with Crippen molar-refractivity contribution in [2.24, 2.45) is 5.92 Å². The maximum atomic E-state index is 13.0. The number of carboxylic acids is 1. The zero-order valence-corrected chi connectivity index (χ0v) is 8.53. The van der Waals surface area contributed by atoms with Crippen LogP contribution in [0.2, 0.25) is 0 Å². The molecule has 80 valence electrons. The van der Waals surface area contributed by atoms with Crippen molar-refractivity contribution >= 4 is 5.97 Å². The van der Waals surface area contributed by atoms with Crippen molar-refractivity contribution in [1.29, 1.82) is 0 Å². The topological polar surface area (TPSA) is 37.3 Å². The molecular formula is C12H13FO2. The van der Waals surface area contributed by atoms with E-state index in [0.29, 0.717) is 6.42 Å². The van der Waals surface area contributed by atoms with Crippen LogP contribution in [0.3, 0.4) is 0 Å². The smallest absolute Gasteiger partial charge is 0.307 e. The summed E-state index contributed by atoms with van der Waals surface area (Å²) in [5.41, 5.74) is 0.492. The lowest BCUT2D eigenvalue weighted by atomic mass is 9.90. The Balaban J connectivity index is 2.34. The maximum absolute atomic E-state index is 13.0. The van der Waals surface area contributed by atoms with E-state index in [9.17, 15) is 9.18 Å². The first-order valence-electron chi connectivity index (χ1n) is 5.09. The van der Waals surface area contributed by atoms with Crippen LogP contribution < -0.4 is 0 Å². The minimum absolute atomic E-state index is 0.295. The second kappa shape index (κ2) is 3.33. The van der Waals surface area contributed by atoms with Crippen molar-refractivity contribution < 1.29 is 14.3 Å². The average Bonchev–Trinajstić information content (AvgIpc) is 2.93. The predicted octanol–water partition coefficient (Wildman–Crippen LogP) is 2.58. The summed E-state index contributed by atoms with van der Waals surface area (Å²) in [5.74, 6) is -1.42. The molecule has 2 nitrogen and oxygen atoms in total. The summed E-state index contributed by atoms with van der Waals surface area (Å²) < 4.78 is 13.0. The summed E-state index contributed by atoms with van der Waals surface area (Å²) in [4.78, 5) is 10.9. The second-order valence-corrected chi connectivity index (χ2v) is 4.11. The fraction of sp³-hybridized carbons (Fsp3) is 0.417. The van der Waals surface area contributed by atoms with Gasteiger partial charge in [-0.05, 0) is 30.5 Å². The van der Waals surface area contributed by atoms with Gasteiger partial charge < -0.3 is 5.11 Å². The molecule has 15 heavy (non-hydrogen) atoms. The van der Waals surface area contributed by atoms with Crippen molar-refractivity contribution in [3.63, 3.8) is 0 Å². The van der Waals surface area contributed by atoms with Gasteiger partial charge in [0.2, 0.25) is 0 Å². The highest BCUT2D eigenvalue weighted by Crippen LogP contribution is 2.56. The van der Waals surface area contributed by atoms with E-state index in [1.54, 1.807) is 6.07 Å². The molecule has 0 amide bonds. The number of aliphatic carboxylic acids is 1. The molecule has 1 saturated carbocycles. The van der Waals surface area contributed by atoms with Crippen LogP contribution in [0, 0.1) is 11.7 Å². The molecule has 0 bridgehead atoms. The predicted molar refractivity (Wildman–Crippen MR) is 54.1 cm³/mol. The third kappa shape index (κ3) is 1.52. The minimum atomic E-state index is -0.777. The summed E-state index contributed by atoms with van der Waals surface area (Å²) >= 11 is 0. The fourth-order valence-corrected chi connectivity index (χ4v) is 2.34. The Morgan fingerprint density at radius 2 is 2.40 bits per heavy atom. The van der Waals surface area contributed by atoms with Crippen molar-refractivity contribution in [3.8, 4) is 0 Å². The van der Waals surface area contributed by atoms with Gasteiger partial charge in [0.1, 0.15) is 5.82 Å². The lowest BCUT2D eigenvalue weighted by molar-refractivity contribution is -0.139. The van der Waals surface area contributed by atoms with Crippen molar-refractivity contribution in [1.82, 2.24) is 0 Å². The molecule has 1 aromatic carbocycles. The Bertz CT molecular complexity index is 402. The number of hydrogen-bond acceptors (Lipinski definition) is 1. The molecule has 1 unspecified atom stereocenters. The molecule has 0 radical (unpaired) electrons. The number of rotatable bonds is 3. The minimum Gasteiger partial charge on any atom is -0.481 e. The molecule has 0 saturated heterocycles. The largest absolute Gasteiger partial charge is 0.481 e. The van der Waals surface area contributed by atoms with Gasteiger partial charge in [0.15, 0.2) is 0 Å². The van der Waals surface area contributed by atoms with E-state index < -0.39 is 5.97 Å². The van der Waals surface area contributed by atoms with Crippen molar-refractivity contribution in [3.05, 3.63) is 35.6 Å². The van der Waals surface area contributed by atoms with E-state index >= 15 is 0 Å². The Morgan fingerprint density at radius 3 is 2.87 bits per heavy atom. The van der Waals surface area contributed by atoms with Gasteiger partial charge in [0, 0.05) is 5.41 Å². The average molecular weight is 208 g/mol. The molecule has 0 aromatic heterocycles. The third-order valence-electron chi connectivity index (χ3n) is 3.40. The fourth-order valence-electron chi connectivity index (χ4n) is 2.34. The van der Waals surface area contributed by atoms with Crippen LogP contribution >= 0.6 is 0 Å². The summed E-state index contributed by atoms with van der Waals surface area (Å²) in [6.45, 7) is 1.95. The van der Waals surface area contributed by atoms with Crippen LogP contribution in [0.4, 0.5) is 4.39 Å². The number of benzene rings is 1. The molecule has 1 aromatic rings. The Hall–Kier alpha value is -1.38. The highest BCUT2D eigenvalue weighted by atomic mass is 19.1. The van der Waals surface area contributed by atoms with Crippen LogP contribution in [-0.4, -0.2) is 11.1 Å². The highest BCUT2D eigenvalue weighted by molar-refractivity contribution is 5.77. The van der Waals surface area contributed by atoms with Crippen molar-refractivity contribution in [2.45, 2.75) is 25.2 Å². The lowest BCUT2D eigenvalue weighted by Gasteiger charge is -2.14. The van der Waals surface area contributed by atoms with Gasteiger partial charge in [-0.25, -0.2) is 4.39 Å². The molecule has 1 fully saturated rings. The maximum Gasteiger partial charge on any atom is 0.307 e. The van der Waals surface area contributed by atoms with Gasteiger partial charge in [-0.15, -0.1) is 0 Å². The normalized spacial score (nSPS) is 28.8. The summed E-state index contributed by atoms with van der Waals surface area (Å²) in [6.07, 6.45) is 1.37. The lowest BCUT2D eigenvalue weighted by Crippen LogP contribution is -2.14. The molecule has 0 spiro atoms. The molecule has 3 heteroatoms. The molecule has 2 rings (SSSR count). The standard InChI is InChI=1S/C12H13FO2/c1-2-12(7-10(12)11(14)15)8-4-3-5-9(13)6-8/h3-6,10H,2,7H2,1H3,(H,14,15)/t10-,12?/m0/s1.